The fourth-order valence-electron chi connectivity index (χ4n) is 2.67. The lowest BCUT2D eigenvalue weighted by atomic mass is 9.90. The van der Waals surface area contributed by atoms with Crippen molar-refractivity contribution in [1.82, 2.24) is 5.32 Å². The summed E-state index contributed by atoms with van der Waals surface area (Å²) in [5.74, 6) is -0.187. The maximum absolute atomic E-state index is 12.3. The average Bonchev–Trinajstić information content (AvgIpc) is 2.51. The molecule has 132 valence electrons. The topological polar surface area (TPSA) is 88.1 Å². The van der Waals surface area contributed by atoms with Crippen LogP contribution in [0, 0.1) is 0 Å². The SMILES string of the molecule is COc1ccc(N2C(=O)[C@H](OC)[C@@H]2[C@@H](O)C(=O)NC(C)(C)C)cc1. The van der Waals surface area contributed by atoms with Crippen molar-refractivity contribution in [3.05, 3.63) is 24.3 Å². The monoisotopic (exact) mass is 336 g/mol. The van der Waals surface area contributed by atoms with E-state index in [9.17, 15) is 14.7 Å². The minimum absolute atomic E-state index is 0.296. The van der Waals surface area contributed by atoms with Gasteiger partial charge in [0.2, 0.25) is 0 Å². The summed E-state index contributed by atoms with van der Waals surface area (Å²) in [6.45, 7) is 5.45. The van der Waals surface area contributed by atoms with E-state index in [0.29, 0.717) is 11.4 Å². The third-order valence-corrected chi connectivity index (χ3v) is 3.78. The van der Waals surface area contributed by atoms with Gasteiger partial charge in [0.05, 0.1) is 7.11 Å². The molecule has 0 aromatic heterocycles. The molecule has 2 rings (SSSR count). The number of rotatable bonds is 5. The van der Waals surface area contributed by atoms with Crippen molar-refractivity contribution in [1.29, 1.82) is 0 Å². The summed E-state index contributed by atoms with van der Waals surface area (Å²) in [5.41, 5.74) is 0.0843. The number of β-lactam (4-membered cyclic amide) rings is 1. The Balaban J connectivity index is 2.23. The molecule has 0 bridgehead atoms. The Morgan fingerprint density at radius 2 is 1.83 bits per heavy atom. The Kier molecular flexibility index (Phi) is 5.15. The molecular weight excluding hydrogens is 312 g/mol. The van der Waals surface area contributed by atoms with Gasteiger partial charge < -0.3 is 24.8 Å². The fourth-order valence-corrected chi connectivity index (χ4v) is 2.67. The fraction of sp³-hybridized carbons (Fsp3) is 0.529. The summed E-state index contributed by atoms with van der Waals surface area (Å²) in [7, 11) is 2.93. The summed E-state index contributed by atoms with van der Waals surface area (Å²) in [6, 6.07) is 6.04. The van der Waals surface area contributed by atoms with Gasteiger partial charge in [0.1, 0.15) is 11.8 Å². The summed E-state index contributed by atoms with van der Waals surface area (Å²) < 4.78 is 10.2. The normalized spacial score (nSPS) is 21.9. The number of aliphatic hydroxyl groups excluding tert-OH is 1. The number of carbonyl (C=O) groups is 2. The van der Waals surface area contributed by atoms with Crippen molar-refractivity contribution < 1.29 is 24.2 Å². The Hall–Kier alpha value is -2.12. The first kappa shape index (κ1) is 18.2. The Bertz CT molecular complexity index is 608. The number of hydrogen-bond acceptors (Lipinski definition) is 5. The van der Waals surface area contributed by atoms with Crippen molar-refractivity contribution in [2.24, 2.45) is 0 Å². The molecule has 7 heteroatoms. The largest absolute Gasteiger partial charge is 0.497 e. The zero-order chi connectivity index (χ0) is 18.1. The highest BCUT2D eigenvalue weighted by Gasteiger charge is 2.54. The molecule has 0 saturated carbocycles. The van der Waals surface area contributed by atoms with Gasteiger partial charge in [-0.1, -0.05) is 0 Å². The number of ether oxygens (including phenoxy) is 2. The first-order chi connectivity index (χ1) is 11.2. The van der Waals surface area contributed by atoms with Crippen molar-refractivity contribution >= 4 is 17.5 Å². The lowest BCUT2D eigenvalue weighted by Gasteiger charge is -2.47. The number of benzene rings is 1. The second-order valence-corrected chi connectivity index (χ2v) is 6.74. The van der Waals surface area contributed by atoms with Crippen molar-refractivity contribution in [3.8, 4) is 5.75 Å². The lowest BCUT2D eigenvalue weighted by Crippen LogP contribution is -2.72. The lowest BCUT2D eigenvalue weighted by molar-refractivity contribution is -0.149. The minimum atomic E-state index is -1.39. The number of amides is 2. The van der Waals surface area contributed by atoms with E-state index < -0.39 is 29.7 Å². The molecule has 1 aromatic carbocycles. The van der Waals surface area contributed by atoms with Gasteiger partial charge in [-0.15, -0.1) is 0 Å². The standard InChI is InChI=1S/C17H24N2O5/c1-17(2,3)18-15(21)13(20)12-14(24-5)16(22)19(12)10-6-8-11(23-4)9-7-10/h6-9,12-14,20H,1-5H3,(H,18,21)/t12-,13+,14+/m0/s1. The zero-order valence-electron chi connectivity index (χ0n) is 14.6. The third kappa shape index (κ3) is 3.52. The van der Waals surface area contributed by atoms with E-state index in [0.717, 1.165) is 0 Å². The number of methoxy groups -OCH3 is 2. The maximum Gasteiger partial charge on any atom is 0.258 e. The van der Waals surface area contributed by atoms with Gasteiger partial charge in [0.25, 0.3) is 11.8 Å². The van der Waals surface area contributed by atoms with E-state index in [1.54, 1.807) is 31.4 Å². The number of nitrogens with zero attached hydrogens (tertiary/aromatic N) is 1. The number of aliphatic hydroxyl groups is 1. The van der Waals surface area contributed by atoms with Crippen LogP contribution in [0.1, 0.15) is 20.8 Å². The van der Waals surface area contributed by atoms with Crippen molar-refractivity contribution in [2.45, 2.75) is 44.6 Å². The van der Waals surface area contributed by atoms with Crippen LogP contribution in [-0.4, -0.2) is 54.9 Å². The molecule has 0 radical (unpaired) electrons. The highest BCUT2D eigenvalue weighted by molar-refractivity contribution is 6.06. The summed E-state index contributed by atoms with van der Waals surface area (Å²) in [6.07, 6.45) is -2.25. The van der Waals surface area contributed by atoms with Crippen LogP contribution in [0.4, 0.5) is 5.69 Å². The Labute approximate surface area is 141 Å². The number of hydrogen-bond donors (Lipinski definition) is 2. The predicted octanol–water partition coefficient (Wildman–Crippen LogP) is 0.701. The smallest absolute Gasteiger partial charge is 0.258 e. The second kappa shape index (κ2) is 6.78. The Morgan fingerprint density at radius 1 is 1.25 bits per heavy atom. The van der Waals surface area contributed by atoms with E-state index in [1.165, 1.54) is 12.0 Å². The molecule has 2 N–H and O–H groups in total. The highest BCUT2D eigenvalue weighted by atomic mass is 16.5. The van der Waals surface area contributed by atoms with Gasteiger partial charge in [0.15, 0.2) is 12.2 Å². The molecular formula is C17H24N2O5. The quantitative estimate of drug-likeness (QED) is 0.773. The van der Waals surface area contributed by atoms with Gasteiger partial charge in [-0.25, -0.2) is 0 Å². The molecule has 1 aromatic rings. The molecule has 3 atom stereocenters. The molecule has 1 heterocycles. The van der Waals surface area contributed by atoms with Crippen LogP contribution in [-0.2, 0) is 14.3 Å². The molecule has 0 unspecified atom stereocenters. The molecule has 24 heavy (non-hydrogen) atoms. The van der Waals surface area contributed by atoms with Gasteiger partial charge in [-0.05, 0) is 45.0 Å². The van der Waals surface area contributed by atoms with Crippen LogP contribution in [0.25, 0.3) is 0 Å². The van der Waals surface area contributed by atoms with Gasteiger partial charge in [-0.2, -0.15) is 0 Å². The van der Waals surface area contributed by atoms with Crippen LogP contribution in [0.3, 0.4) is 0 Å². The number of nitrogens with one attached hydrogen (secondary N) is 1. The molecule has 0 spiro atoms. The van der Waals surface area contributed by atoms with Crippen LogP contribution < -0.4 is 15.0 Å². The van der Waals surface area contributed by atoms with Crippen LogP contribution in [0.5, 0.6) is 5.75 Å². The highest BCUT2D eigenvalue weighted by Crippen LogP contribution is 2.33. The van der Waals surface area contributed by atoms with E-state index in [-0.39, 0.29) is 5.91 Å². The first-order valence-corrected chi connectivity index (χ1v) is 7.69. The molecule has 2 amide bonds. The summed E-state index contributed by atoms with van der Waals surface area (Å²) in [5, 5.41) is 13.2. The molecule has 1 aliphatic heterocycles. The Morgan fingerprint density at radius 3 is 2.29 bits per heavy atom. The van der Waals surface area contributed by atoms with Gasteiger partial charge >= 0.3 is 0 Å². The molecule has 1 saturated heterocycles. The van der Waals surface area contributed by atoms with Crippen LogP contribution >= 0.6 is 0 Å². The van der Waals surface area contributed by atoms with Gasteiger partial charge in [0, 0.05) is 18.3 Å². The summed E-state index contributed by atoms with van der Waals surface area (Å²) >= 11 is 0. The molecule has 0 aliphatic carbocycles. The van der Waals surface area contributed by atoms with Crippen molar-refractivity contribution in [2.75, 3.05) is 19.1 Å². The van der Waals surface area contributed by atoms with Crippen LogP contribution in [0.15, 0.2) is 24.3 Å². The van der Waals surface area contributed by atoms with E-state index in [1.807, 2.05) is 20.8 Å². The molecule has 1 fully saturated rings. The molecule has 1 aliphatic rings. The van der Waals surface area contributed by atoms with Crippen LogP contribution in [0.2, 0.25) is 0 Å². The van der Waals surface area contributed by atoms with E-state index in [4.69, 9.17) is 9.47 Å². The van der Waals surface area contributed by atoms with Gasteiger partial charge in [-0.3, -0.25) is 9.59 Å². The summed E-state index contributed by atoms with van der Waals surface area (Å²) in [4.78, 5) is 25.9. The number of anilines is 1. The zero-order valence-corrected chi connectivity index (χ0v) is 14.6. The second-order valence-electron chi connectivity index (χ2n) is 6.74. The maximum atomic E-state index is 12.3. The van der Waals surface area contributed by atoms with Crippen molar-refractivity contribution in [3.63, 3.8) is 0 Å². The van der Waals surface area contributed by atoms with E-state index in [2.05, 4.69) is 5.32 Å². The third-order valence-electron chi connectivity index (χ3n) is 3.78. The van der Waals surface area contributed by atoms with E-state index >= 15 is 0 Å². The number of carbonyl (C=O) groups excluding carboxylic acids is 2. The molecule has 7 nitrogen and oxygen atoms in total. The predicted molar refractivity (Wildman–Crippen MR) is 89.0 cm³/mol. The minimum Gasteiger partial charge on any atom is -0.497 e. The average molecular weight is 336 g/mol. The first-order valence-electron chi connectivity index (χ1n) is 7.69.